The van der Waals surface area contributed by atoms with Gasteiger partial charge in [0.25, 0.3) is 0 Å². The third-order valence-electron chi connectivity index (χ3n) is 3.83. The van der Waals surface area contributed by atoms with Gasteiger partial charge in [0.15, 0.2) is 0 Å². The lowest BCUT2D eigenvalue weighted by molar-refractivity contribution is 0.470. The molecular formula is C16H16Cl2N2O4S3. The van der Waals surface area contributed by atoms with Gasteiger partial charge in [-0.3, -0.25) is 0 Å². The number of rotatable bonds is 5. The van der Waals surface area contributed by atoms with Crippen LogP contribution in [-0.2, 0) is 20.0 Å². The average molecular weight is 467 g/mol. The maximum absolute atomic E-state index is 12.7. The van der Waals surface area contributed by atoms with E-state index in [0.29, 0.717) is 15.8 Å². The second-order valence-corrected chi connectivity index (χ2v) is 12.2. The van der Waals surface area contributed by atoms with E-state index in [9.17, 15) is 16.8 Å². The molecular weight excluding hydrogens is 451 g/mol. The summed E-state index contributed by atoms with van der Waals surface area (Å²) in [7, 11) is -8.10. The van der Waals surface area contributed by atoms with Crippen molar-refractivity contribution in [2.24, 2.45) is 0 Å². The molecule has 0 radical (unpaired) electrons. The molecule has 0 saturated heterocycles. The molecule has 0 spiro atoms. The summed E-state index contributed by atoms with van der Waals surface area (Å²) in [5.74, 6) is 0.361. The molecule has 2 aromatic carbocycles. The summed E-state index contributed by atoms with van der Waals surface area (Å²) in [6.45, 7) is 0.338. The molecule has 0 fully saturated rings. The predicted molar refractivity (Wildman–Crippen MR) is 111 cm³/mol. The Morgan fingerprint density at radius 3 is 1.85 bits per heavy atom. The van der Waals surface area contributed by atoms with Gasteiger partial charge in [0, 0.05) is 28.9 Å². The second-order valence-electron chi connectivity index (χ2n) is 5.66. The van der Waals surface area contributed by atoms with Gasteiger partial charge < -0.3 is 0 Å². The first-order chi connectivity index (χ1) is 12.7. The van der Waals surface area contributed by atoms with Gasteiger partial charge in [-0.2, -0.15) is 8.43 Å². The predicted octanol–water partition coefficient (Wildman–Crippen LogP) is 2.96. The minimum Gasteiger partial charge on any atom is -0.207 e. The summed E-state index contributed by atoms with van der Waals surface area (Å²) in [5.41, 5.74) is 0. The minimum absolute atomic E-state index is 0.115. The third kappa shape index (κ3) is 4.92. The topological polar surface area (TPSA) is 83.6 Å². The highest BCUT2D eigenvalue weighted by atomic mass is 35.5. The largest absolute Gasteiger partial charge is 0.249 e. The van der Waals surface area contributed by atoms with E-state index in [1.165, 1.54) is 52.8 Å². The highest BCUT2D eigenvalue weighted by molar-refractivity contribution is 8.20. The Labute approximate surface area is 171 Å². The van der Waals surface area contributed by atoms with Gasteiger partial charge in [-0.25, -0.2) is 16.8 Å². The van der Waals surface area contributed by atoms with E-state index in [1.807, 2.05) is 0 Å². The van der Waals surface area contributed by atoms with Crippen LogP contribution in [0, 0.1) is 0 Å². The molecule has 6 nitrogen and oxygen atoms in total. The zero-order chi connectivity index (χ0) is 19.7. The number of halogens is 2. The Bertz CT molecular complexity index is 1070. The van der Waals surface area contributed by atoms with Crippen molar-refractivity contribution in [1.82, 2.24) is 8.43 Å². The number of nitrogens with zero attached hydrogens (tertiary/aromatic N) is 1. The number of sulfonamides is 2. The van der Waals surface area contributed by atoms with Gasteiger partial charge >= 0.3 is 0 Å². The third-order valence-corrected chi connectivity index (χ3v) is 10.0. The van der Waals surface area contributed by atoms with E-state index in [2.05, 4.69) is 4.13 Å². The molecule has 1 N–H and O–H groups in total. The summed E-state index contributed by atoms with van der Waals surface area (Å²) in [5, 5.41) is 2.57. The Morgan fingerprint density at radius 2 is 1.37 bits per heavy atom. The first-order valence-corrected chi connectivity index (χ1v) is 12.9. The Balaban J connectivity index is 1.73. The number of nitrogens with one attached hydrogen (secondary N) is 1. The lowest BCUT2D eigenvalue weighted by Crippen LogP contribution is -2.39. The van der Waals surface area contributed by atoms with Crippen LogP contribution in [0.1, 0.15) is 0 Å². The SMILES string of the molecule is O=S(=O)(NS1=CCN(S(=O)(=O)c2ccc(Cl)cc2)CC1)c1ccc(Cl)cc1. The molecule has 2 aromatic rings. The van der Waals surface area contributed by atoms with Crippen molar-refractivity contribution < 1.29 is 16.8 Å². The molecule has 3 rings (SSSR count). The zero-order valence-electron chi connectivity index (χ0n) is 13.9. The number of hydrogen-bond donors (Lipinski definition) is 1. The summed E-state index contributed by atoms with van der Waals surface area (Å²) >= 11 is 11.6. The molecule has 1 atom stereocenters. The fourth-order valence-electron chi connectivity index (χ4n) is 2.40. The normalized spacial score (nSPS) is 18.8. The highest BCUT2D eigenvalue weighted by Gasteiger charge is 2.27. The Hall–Kier alpha value is -0.940. The molecule has 0 amide bonds. The van der Waals surface area contributed by atoms with Crippen molar-refractivity contribution in [3.8, 4) is 0 Å². The summed E-state index contributed by atoms with van der Waals surface area (Å²) < 4.78 is 54.1. The van der Waals surface area contributed by atoms with Crippen LogP contribution in [0.15, 0.2) is 58.3 Å². The van der Waals surface area contributed by atoms with Crippen molar-refractivity contribution in [3.63, 3.8) is 0 Å². The van der Waals surface area contributed by atoms with Crippen LogP contribution in [0.3, 0.4) is 0 Å². The standard InChI is InChI=1S/C16H16Cl2N2O4S3/c17-13-1-5-15(6-2-13)26(21,22)19-25-11-9-20(10-12-25)27(23,24)16-7-3-14(18)4-8-16/h1-8,11,19H,9-10,12H2. The van der Waals surface area contributed by atoms with Crippen LogP contribution < -0.4 is 4.13 Å². The van der Waals surface area contributed by atoms with Crippen LogP contribution in [0.2, 0.25) is 10.0 Å². The van der Waals surface area contributed by atoms with Crippen molar-refractivity contribution in [3.05, 3.63) is 58.6 Å². The molecule has 0 aliphatic carbocycles. The molecule has 0 bridgehead atoms. The smallest absolute Gasteiger partial charge is 0.207 e. The van der Waals surface area contributed by atoms with Crippen LogP contribution in [0.25, 0.3) is 0 Å². The maximum atomic E-state index is 12.7. The second kappa shape index (κ2) is 8.20. The maximum Gasteiger partial charge on any atom is 0.249 e. The molecule has 0 saturated carbocycles. The summed E-state index contributed by atoms with van der Waals surface area (Å²) in [6, 6.07) is 11.8. The van der Waals surface area contributed by atoms with E-state index >= 15 is 0 Å². The van der Waals surface area contributed by atoms with Crippen molar-refractivity contribution >= 4 is 59.3 Å². The monoisotopic (exact) mass is 466 g/mol. The Morgan fingerprint density at radius 1 is 0.852 bits per heavy atom. The lowest BCUT2D eigenvalue weighted by atomic mass is 10.4. The zero-order valence-corrected chi connectivity index (χ0v) is 17.8. The van der Waals surface area contributed by atoms with Crippen LogP contribution >= 0.6 is 33.9 Å². The van der Waals surface area contributed by atoms with E-state index in [1.54, 1.807) is 5.37 Å². The molecule has 1 aliphatic rings. The fraction of sp³-hybridized carbons (Fsp3) is 0.188. The summed E-state index contributed by atoms with van der Waals surface area (Å²) in [6.07, 6.45) is 0. The van der Waals surface area contributed by atoms with Gasteiger partial charge in [0.05, 0.1) is 9.79 Å². The van der Waals surface area contributed by atoms with Gasteiger partial charge in [0.1, 0.15) is 0 Å². The van der Waals surface area contributed by atoms with Gasteiger partial charge in [-0.15, -0.1) is 10.7 Å². The molecule has 0 aromatic heterocycles. The van der Waals surface area contributed by atoms with Crippen LogP contribution in [0.5, 0.6) is 0 Å². The van der Waals surface area contributed by atoms with Gasteiger partial charge in [-0.1, -0.05) is 23.2 Å². The number of hydrogen-bond acceptors (Lipinski definition) is 4. The molecule has 1 aliphatic heterocycles. The molecule has 1 unspecified atom stereocenters. The fourth-order valence-corrected chi connectivity index (χ4v) is 7.80. The Kier molecular flexibility index (Phi) is 6.31. The lowest BCUT2D eigenvalue weighted by Gasteiger charge is -2.26. The first kappa shape index (κ1) is 20.8. The molecule has 27 heavy (non-hydrogen) atoms. The molecule has 146 valence electrons. The van der Waals surface area contributed by atoms with E-state index < -0.39 is 30.7 Å². The van der Waals surface area contributed by atoms with E-state index in [4.69, 9.17) is 23.2 Å². The van der Waals surface area contributed by atoms with Gasteiger partial charge in [-0.05, 0) is 53.9 Å². The average Bonchev–Trinajstić information content (AvgIpc) is 2.62. The summed E-state index contributed by atoms with van der Waals surface area (Å²) in [4.78, 5) is 0.271. The van der Waals surface area contributed by atoms with Crippen molar-refractivity contribution in [2.45, 2.75) is 9.79 Å². The van der Waals surface area contributed by atoms with E-state index in [0.717, 1.165) is 0 Å². The quantitative estimate of drug-likeness (QED) is 0.686. The van der Waals surface area contributed by atoms with Crippen molar-refractivity contribution in [2.75, 3.05) is 18.8 Å². The first-order valence-electron chi connectivity index (χ1n) is 7.75. The van der Waals surface area contributed by atoms with Crippen LogP contribution in [0.4, 0.5) is 0 Å². The number of benzene rings is 2. The van der Waals surface area contributed by atoms with Crippen LogP contribution in [-0.4, -0.2) is 45.4 Å². The van der Waals surface area contributed by atoms with Crippen molar-refractivity contribution in [1.29, 1.82) is 0 Å². The van der Waals surface area contributed by atoms with Gasteiger partial charge in [0.2, 0.25) is 20.0 Å². The molecule has 11 heteroatoms. The minimum atomic E-state index is -3.70. The highest BCUT2D eigenvalue weighted by Crippen LogP contribution is 2.23. The molecule has 1 heterocycles. The van der Waals surface area contributed by atoms with E-state index in [-0.39, 0.29) is 22.9 Å².